The summed E-state index contributed by atoms with van der Waals surface area (Å²) in [6.45, 7) is 15.5. The molecule has 2 rings (SSSR count). The first-order valence-electron chi connectivity index (χ1n) is 10.9. The molecule has 0 unspecified atom stereocenters. The molecule has 0 nitrogen and oxygen atoms in total. The zero-order valence-electron chi connectivity index (χ0n) is 18.3. The fraction of sp³-hybridized carbons (Fsp3) is 0.481. The second-order valence-electron chi connectivity index (χ2n) is 7.88. The molecule has 1 aromatic carbocycles. The quantitative estimate of drug-likeness (QED) is 0.385. The molecule has 0 radical (unpaired) electrons. The monoisotopic (exact) mass is 362 g/mol. The second kappa shape index (κ2) is 10.5. The fourth-order valence-electron chi connectivity index (χ4n) is 4.39. The van der Waals surface area contributed by atoms with Gasteiger partial charge in [0.2, 0.25) is 0 Å². The van der Waals surface area contributed by atoms with Gasteiger partial charge in [-0.1, -0.05) is 70.9 Å². The average molecular weight is 363 g/mol. The molecule has 0 amide bonds. The van der Waals surface area contributed by atoms with Gasteiger partial charge in [-0.2, -0.15) is 0 Å². The van der Waals surface area contributed by atoms with Crippen molar-refractivity contribution in [3.05, 3.63) is 70.3 Å². The Hall–Kier alpha value is -1.82. The SMILES string of the molecule is C=C/C(CCC)=C(\CCC)c1cc(C2=C(CCC)C=CCC2)c(C)cc1C. The molecule has 0 heterocycles. The van der Waals surface area contributed by atoms with Crippen LogP contribution in [0, 0.1) is 13.8 Å². The van der Waals surface area contributed by atoms with Gasteiger partial charge in [0.1, 0.15) is 0 Å². The number of aryl methyl sites for hydroxylation is 2. The van der Waals surface area contributed by atoms with E-state index in [0.717, 1.165) is 19.3 Å². The van der Waals surface area contributed by atoms with Gasteiger partial charge in [-0.3, -0.25) is 0 Å². The Labute approximate surface area is 167 Å². The summed E-state index contributed by atoms with van der Waals surface area (Å²) in [5.74, 6) is 0. The van der Waals surface area contributed by atoms with Crippen molar-refractivity contribution in [1.29, 1.82) is 0 Å². The molecular formula is C27H38. The number of rotatable bonds is 9. The molecule has 1 aliphatic carbocycles. The van der Waals surface area contributed by atoms with Crippen LogP contribution in [0.3, 0.4) is 0 Å². The van der Waals surface area contributed by atoms with Gasteiger partial charge in [-0.05, 0) is 96.6 Å². The van der Waals surface area contributed by atoms with Crippen molar-refractivity contribution >= 4 is 11.1 Å². The lowest BCUT2D eigenvalue weighted by atomic mass is 9.83. The van der Waals surface area contributed by atoms with Crippen molar-refractivity contribution < 1.29 is 0 Å². The summed E-state index contributed by atoms with van der Waals surface area (Å²) in [5, 5.41) is 0. The van der Waals surface area contributed by atoms with Crippen LogP contribution in [-0.4, -0.2) is 0 Å². The highest BCUT2D eigenvalue weighted by molar-refractivity contribution is 5.80. The van der Waals surface area contributed by atoms with E-state index >= 15 is 0 Å². The van der Waals surface area contributed by atoms with E-state index in [1.54, 1.807) is 11.1 Å². The van der Waals surface area contributed by atoms with E-state index in [-0.39, 0.29) is 0 Å². The fourth-order valence-corrected chi connectivity index (χ4v) is 4.39. The second-order valence-corrected chi connectivity index (χ2v) is 7.88. The summed E-state index contributed by atoms with van der Waals surface area (Å²) in [5.41, 5.74) is 11.8. The van der Waals surface area contributed by atoms with Gasteiger partial charge in [0, 0.05) is 0 Å². The van der Waals surface area contributed by atoms with Gasteiger partial charge in [0.25, 0.3) is 0 Å². The maximum atomic E-state index is 4.13. The minimum Gasteiger partial charge on any atom is -0.0988 e. The van der Waals surface area contributed by atoms with E-state index in [9.17, 15) is 0 Å². The van der Waals surface area contributed by atoms with Gasteiger partial charge >= 0.3 is 0 Å². The van der Waals surface area contributed by atoms with Crippen LogP contribution in [0.15, 0.2) is 48.1 Å². The third-order valence-corrected chi connectivity index (χ3v) is 5.66. The maximum Gasteiger partial charge on any atom is -0.0186 e. The number of allylic oxidation sites excluding steroid dienone is 7. The van der Waals surface area contributed by atoms with Crippen molar-refractivity contribution in [1.82, 2.24) is 0 Å². The Morgan fingerprint density at radius 1 is 1.00 bits per heavy atom. The highest BCUT2D eigenvalue weighted by atomic mass is 14.2. The Morgan fingerprint density at radius 3 is 2.37 bits per heavy atom. The summed E-state index contributed by atoms with van der Waals surface area (Å²) in [6.07, 6.45) is 16.1. The predicted molar refractivity (Wildman–Crippen MR) is 123 cm³/mol. The molecule has 27 heavy (non-hydrogen) atoms. The molecule has 1 aromatic rings. The lowest BCUT2D eigenvalue weighted by Gasteiger charge is -2.22. The van der Waals surface area contributed by atoms with E-state index in [1.807, 2.05) is 0 Å². The first-order valence-corrected chi connectivity index (χ1v) is 10.9. The van der Waals surface area contributed by atoms with Gasteiger partial charge in [0.15, 0.2) is 0 Å². The predicted octanol–water partition coefficient (Wildman–Crippen LogP) is 8.75. The van der Waals surface area contributed by atoms with Crippen LogP contribution in [0.5, 0.6) is 0 Å². The number of hydrogen-bond acceptors (Lipinski definition) is 0. The molecule has 146 valence electrons. The normalized spacial score (nSPS) is 15.1. The average Bonchev–Trinajstić information content (AvgIpc) is 2.66. The Bertz CT molecular complexity index is 752. The third-order valence-electron chi connectivity index (χ3n) is 5.66. The topological polar surface area (TPSA) is 0 Å². The molecule has 0 atom stereocenters. The number of hydrogen-bond donors (Lipinski definition) is 0. The highest BCUT2D eigenvalue weighted by Crippen LogP contribution is 2.37. The van der Waals surface area contributed by atoms with E-state index in [1.165, 1.54) is 65.5 Å². The summed E-state index contributed by atoms with van der Waals surface area (Å²) >= 11 is 0. The van der Waals surface area contributed by atoms with Crippen molar-refractivity contribution in [2.45, 2.75) is 86.0 Å². The summed E-state index contributed by atoms with van der Waals surface area (Å²) in [7, 11) is 0. The number of benzene rings is 1. The van der Waals surface area contributed by atoms with Gasteiger partial charge < -0.3 is 0 Å². The van der Waals surface area contributed by atoms with Crippen LogP contribution in [-0.2, 0) is 0 Å². The minimum absolute atomic E-state index is 1.12. The van der Waals surface area contributed by atoms with Gasteiger partial charge in [-0.25, -0.2) is 0 Å². The molecule has 0 fully saturated rings. The molecule has 0 saturated heterocycles. The van der Waals surface area contributed by atoms with E-state index in [0.29, 0.717) is 0 Å². The Balaban J connectivity index is 2.67. The Kier molecular flexibility index (Phi) is 8.35. The minimum atomic E-state index is 1.12. The smallest absolute Gasteiger partial charge is 0.0186 e. The van der Waals surface area contributed by atoms with Gasteiger partial charge in [0.05, 0.1) is 0 Å². The molecule has 0 N–H and O–H groups in total. The van der Waals surface area contributed by atoms with Crippen LogP contribution in [0.4, 0.5) is 0 Å². The van der Waals surface area contributed by atoms with Crippen molar-refractivity contribution in [2.24, 2.45) is 0 Å². The zero-order chi connectivity index (χ0) is 19.8. The standard InChI is InChI=1S/C27H38/c1-7-13-22(10-4)24(15-9-3)26-19-27(21(6)18-20(26)5)25-17-12-11-16-23(25)14-8-2/h10-11,16,18-19H,4,7-9,12-15,17H2,1-3,5-6H3/b24-22-. The molecule has 1 aliphatic rings. The summed E-state index contributed by atoms with van der Waals surface area (Å²) in [4.78, 5) is 0. The maximum absolute atomic E-state index is 4.13. The van der Waals surface area contributed by atoms with Crippen LogP contribution < -0.4 is 0 Å². The van der Waals surface area contributed by atoms with Crippen molar-refractivity contribution in [3.8, 4) is 0 Å². The van der Waals surface area contributed by atoms with E-state index < -0.39 is 0 Å². The molecular weight excluding hydrogens is 324 g/mol. The summed E-state index contributed by atoms with van der Waals surface area (Å²) in [6, 6.07) is 4.90. The first-order chi connectivity index (χ1) is 13.1. The van der Waals surface area contributed by atoms with Crippen LogP contribution >= 0.6 is 0 Å². The largest absolute Gasteiger partial charge is 0.0988 e. The lowest BCUT2D eigenvalue weighted by Crippen LogP contribution is -2.02. The zero-order valence-corrected chi connectivity index (χ0v) is 18.3. The van der Waals surface area contributed by atoms with Crippen LogP contribution in [0.1, 0.15) is 94.4 Å². The molecule has 0 spiro atoms. The molecule has 0 aromatic heterocycles. The van der Waals surface area contributed by atoms with Crippen molar-refractivity contribution in [2.75, 3.05) is 0 Å². The van der Waals surface area contributed by atoms with Crippen molar-refractivity contribution in [3.63, 3.8) is 0 Å². The lowest BCUT2D eigenvalue weighted by molar-refractivity contribution is 0.901. The van der Waals surface area contributed by atoms with Gasteiger partial charge in [-0.15, -0.1) is 0 Å². The molecule has 0 heteroatoms. The molecule has 0 saturated carbocycles. The van der Waals surface area contributed by atoms with E-state index in [4.69, 9.17) is 0 Å². The van der Waals surface area contributed by atoms with E-state index in [2.05, 4.69) is 71.6 Å². The Morgan fingerprint density at radius 2 is 1.74 bits per heavy atom. The summed E-state index contributed by atoms with van der Waals surface area (Å²) < 4.78 is 0. The molecule has 0 bridgehead atoms. The third kappa shape index (κ3) is 5.12. The van der Waals surface area contributed by atoms with Crippen LogP contribution in [0.25, 0.3) is 11.1 Å². The molecule has 0 aliphatic heterocycles. The first kappa shape index (κ1) is 21.5. The van der Waals surface area contributed by atoms with Crippen LogP contribution in [0.2, 0.25) is 0 Å². The highest BCUT2D eigenvalue weighted by Gasteiger charge is 2.16.